The SMILES string of the molecule is CCCCCN(c1cccc(-c2ccc(C(F)(F)F)cc2)c1)S(=O)(=O)c1ccc(OOC(=O)CCC)c(C)c1. The minimum Gasteiger partial charge on any atom is -0.287 e. The first-order chi connectivity index (χ1) is 18.5. The van der Waals surface area contributed by atoms with Crippen LogP contribution in [0, 0.1) is 6.92 Å². The van der Waals surface area contributed by atoms with Gasteiger partial charge in [-0.2, -0.15) is 13.2 Å². The molecule has 0 amide bonds. The second kappa shape index (κ2) is 13.0. The minimum atomic E-state index is -4.44. The van der Waals surface area contributed by atoms with Gasteiger partial charge in [-0.05, 0) is 78.9 Å². The summed E-state index contributed by atoms with van der Waals surface area (Å²) in [6.07, 6.45) is -1.31. The number of aryl methyl sites for hydroxylation is 1. The number of carbonyl (C=O) groups is 1. The largest absolute Gasteiger partial charge is 0.416 e. The second-order valence-corrected chi connectivity index (χ2v) is 11.0. The molecule has 3 rings (SSSR count). The van der Waals surface area contributed by atoms with Crippen molar-refractivity contribution in [3.63, 3.8) is 0 Å². The molecule has 0 spiro atoms. The lowest BCUT2D eigenvalue weighted by atomic mass is 10.0. The van der Waals surface area contributed by atoms with Gasteiger partial charge in [0.25, 0.3) is 10.0 Å². The van der Waals surface area contributed by atoms with Gasteiger partial charge in [0.15, 0.2) is 5.75 Å². The average Bonchev–Trinajstić information content (AvgIpc) is 2.90. The Morgan fingerprint density at radius 1 is 0.897 bits per heavy atom. The van der Waals surface area contributed by atoms with Gasteiger partial charge in [0.1, 0.15) is 0 Å². The molecule has 0 radical (unpaired) electrons. The van der Waals surface area contributed by atoms with Gasteiger partial charge >= 0.3 is 12.1 Å². The maximum absolute atomic E-state index is 13.8. The zero-order valence-corrected chi connectivity index (χ0v) is 22.9. The van der Waals surface area contributed by atoms with Crippen LogP contribution in [0.15, 0.2) is 71.6 Å². The summed E-state index contributed by atoms with van der Waals surface area (Å²) in [5, 5.41) is 0. The van der Waals surface area contributed by atoms with Crippen molar-refractivity contribution in [1.29, 1.82) is 0 Å². The van der Waals surface area contributed by atoms with Crippen LogP contribution in [0.2, 0.25) is 0 Å². The summed E-state index contributed by atoms with van der Waals surface area (Å²) >= 11 is 0. The molecule has 0 unspecified atom stereocenters. The molecule has 0 aliphatic heterocycles. The maximum atomic E-state index is 13.8. The van der Waals surface area contributed by atoms with E-state index in [2.05, 4.69) is 0 Å². The summed E-state index contributed by atoms with van der Waals surface area (Å²) in [6, 6.07) is 15.7. The number of alkyl halides is 3. The number of nitrogens with zero attached hydrogens (tertiary/aromatic N) is 1. The van der Waals surface area contributed by atoms with E-state index >= 15 is 0 Å². The number of sulfonamides is 1. The number of carbonyl (C=O) groups excluding carboxylic acids is 1. The lowest BCUT2D eigenvalue weighted by Gasteiger charge is -2.25. The molecule has 6 nitrogen and oxygen atoms in total. The molecule has 10 heteroatoms. The quantitative estimate of drug-likeness (QED) is 0.128. The molecular formula is C29H32F3NO5S. The molecule has 210 valence electrons. The van der Waals surface area contributed by atoms with Crippen molar-refractivity contribution in [1.82, 2.24) is 0 Å². The normalized spacial score (nSPS) is 11.7. The van der Waals surface area contributed by atoms with Gasteiger partial charge in [-0.3, -0.25) is 14.1 Å². The fourth-order valence-electron chi connectivity index (χ4n) is 3.93. The maximum Gasteiger partial charge on any atom is 0.416 e. The van der Waals surface area contributed by atoms with E-state index in [4.69, 9.17) is 9.78 Å². The molecular weight excluding hydrogens is 531 g/mol. The van der Waals surface area contributed by atoms with Gasteiger partial charge in [-0.25, -0.2) is 13.2 Å². The number of rotatable bonds is 12. The highest BCUT2D eigenvalue weighted by Crippen LogP contribution is 2.33. The number of unbranched alkanes of at least 4 members (excludes halogenated alkanes) is 2. The lowest BCUT2D eigenvalue weighted by molar-refractivity contribution is -0.214. The van der Waals surface area contributed by atoms with Gasteiger partial charge in [-0.15, -0.1) is 0 Å². The third kappa shape index (κ3) is 7.75. The van der Waals surface area contributed by atoms with Crippen LogP contribution in [-0.4, -0.2) is 20.9 Å². The first-order valence-electron chi connectivity index (χ1n) is 12.8. The van der Waals surface area contributed by atoms with E-state index in [1.165, 1.54) is 34.6 Å². The summed E-state index contributed by atoms with van der Waals surface area (Å²) in [5.41, 5.74) is 1.23. The van der Waals surface area contributed by atoms with E-state index in [1.54, 1.807) is 31.2 Å². The predicted molar refractivity (Wildman–Crippen MR) is 144 cm³/mol. The zero-order valence-electron chi connectivity index (χ0n) is 22.1. The lowest BCUT2D eigenvalue weighted by Crippen LogP contribution is -2.32. The molecule has 3 aromatic carbocycles. The Labute approximate surface area is 227 Å². The molecule has 0 fully saturated rings. The van der Waals surface area contributed by atoms with Crippen LogP contribution in [0.1, 0.15) is 57.1 Å². The van der Waals surface area contributed by atoms with Gasteiger partial charge in [0.05, 0.1) is 16.1 Å². The third-order valence-electron chi connectivity index (χ3n) is 6.06. The first kappa shape index (κ1) is 30.0. The summed E-state index contributed by atoms with van der Waals surface area (Å²) in [7, 11) is -4.02. The van der Waals surface area contributed by atoms with Gasteiger partial charge in [0, 0.05) is 13.0 Å². The van der Waals surface area contributed by atoms with Crippen molar-refractivity contribution in [2.75, 3.05) is 10.8 Å². The highest BCUT2D eigenvalue weighted by atomic mass is 32.2. The topological polar surface area (TPSA) is 72.9 Å². The van der Waals surface area contributed by atoms with E-state index in [9.17, 15) is 26.4 Å². The van der Waals surface area contributed by atoms with Crippen molar-refractivity contribution in [3.05, 3.63) is 77.9 Å². The minimum absolute atomic E-state index is 0.0312. The van der Waals surface area contributed by atoms with Crippen molar-refractivity contribution in [2.24, 2.45) is 0 Å². The van der Waals surface area contributed by atoms with E-state index < -0.39 is 27.7 Å². The van der Waals surface area contributed by atoms with Crippen LogP contribution in [0.25, 0.3) is 11.1 Å². The molecule has 0 heterocycles. The van der Waals surface area contributed by atoms with E-state index in [0.29, 0.717) is 35.2 Å². The monoisotopic (exact) mass is 563 g/mol. The molecule has 0 aliphatic carbocycles. The predicted octanol–water partition coefficient (Wildman–Crippen LogP) is 7.70. The van der Waals surface area contributed by atoms with Gasteiger partial charge in [-0.1, -0.05) is 51.0 Å². The van der Waals surface area contributed by atoms with Crippen molar-refractivity contribution < 1.29 is 36.2 Å². The summed E-state index contributed by atoms with van der Waals surface area (Å²) in [4.78, 5) is 21.5. The highest BCUT2D eigenvalue weighted by molar-refractivity contribution is 7.92. The number of anilines is 1. The summed E-state index contributed by atoms with van der Waals surface area (Å²) in [5.74, 6) is -0.302. The summed E-state index contributed by atoms with van der Waals surface area (Å²) < 4.78 is 67.9. The van der Waals surface area contributed by atoms with Gasteiger partial charge in [0.2, 0.25) is 0 Å². The highest BCUT2D eigenvalue weighted by Gasteiger charge is 2.30. The zero-order chi connectivity index (χ0) is 28.6. The Morgan fingerprint density at radius 3 is 2.23 bits per heavy atom. The number of hydrogen-bond acceptors (Lipinski definition) is 5. The molecule has 0 aromatic heterocycles. The Morgan fingerprint density at radius 2 is 1.62 bits per heavy atom. The smallest absolute Gasteiger partial charge is 0.287 e. The molecule has 0 N–H and O–H groups in total. The molecule has 0 bridgehead atoms. The first-order valence-corrected chi connectivity index (χ1v) is 14.2. The summed E-state index contributed by atoms with van der Waals surface area (Å²) in [6.45, 7) is 5.71. The molecule has 0 atom stereocenters. The van der Waals surface area contributed by atoms with Crippen LogP contribution in [0.4, 0.5) is 18.9 Å². The Kier molecular flexibility index (Phi) is 10.0. The van der Waals surface area contributed by atoms with Crippen LogP contribution in [0.3, 0.4) is 0 Å². The fourth-order valence-corrected chi connectivity index (χ4v) is 5.51. The fraction of sp³-hybridized carbons (Fsp3) is 0.345. The van der Waals surface area contributed by atoms with E-state index in [1.807, 2.05) is 13.8 Å². The Balaban J connectivity index is 1.93. The van der Waals surface area contributed by atoms with Crippen LogP contribution >= 0.6 is 0 Å². The van der Waals surface area contributed by atoms with Crippen LogP contribution in [0.5, 0.6) is 5.75 Å². The molecule has 0 aliphatic rings. The van der Waals surface area contributed by atoms with Gasteiger partial charge < -0.3 is 0 Å². The van der Waals surface area contributed by atoms with Crippen molar-refractivity contribution in [3.8, 4) is 16.9 Å². The van der Waals surface area contributed by atoms with Crippen LogP contribution in [-0.2, 0) is 25.9 Å². The van der Waals surface area contributed by atoms with Crippen LogP contribution < -0.4 is 9.19 Å². The molecule has 0 saturated carbocycles. The second-order valence-electron chi connectivity index (χ2n) is 9.13. The van der Waals surface area contributed by atoms with E-state index in [0.717, 1.165) is 25.0 Å². The average molecular weight is 564 g/mol. The number of benzene rings is 3. The standard InChI is InChI=1S/C29H32F3NO5S/c1-4-6-7-18-33(25-11-8-10-23(20-25)22-12-14-24(15-13-22)29(30,31)32)39(35,36)26-16-17-27(21(3)19-26)37-38-28(34)9-5-2/h8,10-17,19-20H,4-7,9,18H2,1-3H3. The van der Waals surface area contributed by atoms with Crippen molar-refractivity contribution in [2.45, 2.75) is 63.9 Å². The number of hydrogen-bond donors (Lipinski definition) is 0. The third-order valence-corrected chi connectivity index (χ3v) is 7.88. The molecule has 39 heavy (non-hydrogen) atoms. The van der Waals surface area contributed by atoms with E-state index in [-0.39, 0.29) is 23.6 Å². The molecule has 0 saturated heterocycles. The molecule has 3 aromatic rings. The number of halogens is 3. The Hall–Kier alpha value is -3.53. The van der Waals surface area contributed by atoms with Crippen molar-refractivity contribution >= 4 is 21.7 Å². The Bertz CT molecular complexity index is 1370.